The fraction of sp³-hybridized carbons (Fsp3) is 0.158. The summed E-state index contributed by atoms with van der Waals surface area (Å²) in [5, 5.41) is 10.3. The van der Waals surface area contributed by atoms with Crippen LogP contribution in [0.2, 0.25) is 0 Å². The summed E-state index contributed by atoms with van der Waals surface area (Å²) in [5.41, 5.74) is 1.28. The molecule has 1 amide bonds. The standard InChI is InChI=1S/C16H15NO2.C3H4O/c18-15(13-7-3-1-4-8-13)11-12-17-16(19)14-9-5-2-6-10-14;1-2-3-4/h1-10H,11-12H2,(H,17,19);4H,1H3. The molecule has 2 aromatic rings. The summed E-state index contributed by atoms with van der Waals surface area (Å²) >= 11 is 0. The van der Waals surface area contributed by atoms with Gasteiger partial charge in [0.1, 0.15) is 6.11 Å². The van der Waals surface area contributed by atoms with Crippen LogP contribution in [0.25, 0.3) is 0 Å². The highest BCUT2D eigenvalue weighted by atomic mass is 16.2. The molecule has 4 heteroatoms. The van der Waals surface area contributed by atoms with Crippen LogP contribution in [0.3, 0.4) is 0 Å². The summed E-state index contributed by atoms with van der Waals surface area (Å²) in [5.74, 6) is 2.12. The number of aliphatic hydroxyl groups is 1. The summed E-state index contributed by atoms with van der Waals surface area (Å²) in [6.07, 6.45) is 1.99. The van der Waals surface area contributed by atoms with Gasteiger partial charge in [-0.15, -0.1) is 0 Å². The van der Waals surface area contributed by atoms with Crippen molar-refractivity contribution in [1.82, 2.24) is 5.32 Å². The molecule has 4 nitrogen and oxygen atoms in total. The number of amides is 1. The third-order valence-corrected chi connectivity index (χ3v) is 2.88. The molecule has 0 radical (unpaired) electrons. The number of hydrogen-bond acceptors (Lipinski definition) is 3. The largest absolute Gasteiger partial charge is 0.462 e. The van der Waals surface area contributed by atoms with Gasteiger partial charge in [-0.05, 0) is 12.1 Å². The maximum absolute atomic E-state index is 11.8. The van der Waals surface area contributed by atoms with Crippen molar-refractivity contribution in [2.75, 3.05) is 6.54 Å². The zero-order valence-electron chi connectivity index (χ0n) is 13.0. The fourth-order valence-corrected chi connectivity index (χ4v) is 1.75. The highest BCUT2D eigenvalue weighted by molar-refractivity contribution is 5.97. The van der Waals surface area contributed by atoms with E-state index in [1.807, 2.05) is 36.4 Å². The van der Waals surface area contributed by atoms with E-state index in [-0.39, 0.29) is 11.7 Å². The van der Waals surface area contributed by atoms with E-state index in [1.165, 1.54) is 0 Å². The third kappa shape index (κ3) is 6.96. The van der Waals surface area contributed by atoms with Gasteiger partial charge in [0.2, 0.25) is 0 Å². The smallest absolute Gasteiger partial charge is 0.251 e. The Morgan fingerprint density at radius 1 is 0.957 bits per heavy atom. The van der Waals surface area contributed by atoms with E-state index in [1.54, 1.807) is 37.3 Å². The monoisotopic (exact) mass is 309 g/mol. The Morgan fingerprint density at radius 3 is 1.91 bits per heavy atom. The molecule has 2 aromatic carbocycles. The maximum atomic E-state index is 11.8. The van der Waals surface area contributed by atoms with E-state index in [9.17, 15) is 9.59 Å². The van der Waals surface area contributed by atoms with Crippen molar-refractivity contribution < 1.29 is 14.7 Å². The zero-order chi connectivity index (χ0) is 16.9. The molecular weight excluding hydrogens is 290 g/mol. The van der Waals surface area contributed by atoms with Crippen molar-refractivity contribution in [3.05, 3.63) is 71.8 Å². The van der Waals surface area contributed by atoms with Crippen molar-refractivity contribution in [2.45, 2.75) is 13.3 Å². The van der Waals surface area contributed by atoms with Crippen LogP contribution in [0.5, 0.6) is 0 Å². The molecule has 0 saturated carbocycles. The lowest BCUT2D eigenvalue weighted by atomic mass is 10.1. The van der Waals surface area contributed by atoms with E-state index < -0.39 is 0 Å². The van der Waals surface area contributed by atoms with Crippen molar-refractivity contribution >= 4 is 11.7 Å². The van der Waals surface area contributed by atoms with E-state index in [0.29, 0.717) is 24.1 Å². The van der Waals surface area contributed by atoms with Gasteiger partial charge in [-0.1, -0.05) is 54.5 Å². The van der Waals surface area contributed by atoms with Gasteiger partial charge in [-0.3, -0.25) is 9.59 Å². The molecule has 0 aliphatic rings. The second kappa shape index (κ2) is 10.6. The van der Waals surface area contributed by atoms with Crippen molar-refractivity contribution in [3.63, 3.8) is 0 Å². The highest BCUT2D eigenvalue weighted by Crippen LogP contribution is 2.03. The SMILES string of the molecule is CC#CO.O=C(CCNC(=O)c1ccccc1)c1ccccc1. The first-order chi connectivity index (χ1) is 11.2. The van der Waals surface area contributed by atoms with Crippen LogP contribution in [0.15, 0.2) is 60.7 Å². The molecule has 0 spiro atoms. The molecule has 0 bridgehead atoms. The molecule has 2 N–H and O–H groups in total. The minimum atomic E-state index is -0.151. The molecular formula is C19H19NO3. The van der Waals surface area contributed by atoms with Crippen molar-refractivity contribution in [2.24, 2.45) is 0 Å². The first-order valence-corrected chi connectivity index (χ1v) is 7.16. The minimum Gasteiger partial charge on any atom is -0.462 e. The number of carbonyl (C=O) groups is 2. The highest BCUT2D eigenvalue weighted by Gasteiger charge is 2.07. The Kier molecular flexibility index (Phi) is 8.32. The van der Waals surface area contributed by atoms with E-state index >= 15 is 0 Å². The number of aliphatic hydroxyl groups excluding tert-OH is 1. The molecule has 0 aliphatic carbocycles. The van der Waals surface area contributed by atoms with Gasteiger partial charge in [0.05, 0.1) is 0 Å². The Bertz CT molecular complexity index is 613. The Balaban J connectivity index is 0.000000593. The van der Waals surface area contributed by atoms with Crippen LogP contribution in [-0.2, 0) is 0 Å². The van der Waals surface area contributed by atoms with Gasteiger partial charge in [0.15, 0.2) is 5.78 Å². The maximum Gasteiger partial charge on any atom is 0.251 e. The number of rotatable bonds is 5. The summed E-state index contributed by atoms with van der Waals surface area (Å²) in [6, 6.07) is 18.1. The number of ketones is 1. The Hall–Kier alpha value is -3.06. The van der Waals surface area contributed by atoms with E-state index in [0.717, 1.165) is 0 Å². The minimum absolute atomic E-state index is 0.0361. The zero-order valence-corrected chi connectivity index (χ0v) is 13.0. The fourth-order valence-electron chi connectivity index (χ4n) is 1.75. The summed E-state index contributed by atoms with van der Waals surface area (Å²) in [4.78, 5) is 23.6. The van der Waals surface area contributed by atoms with Gasteiger partial charge in [-0.25, -0.2) is 0 Å². The second-order valence-electron chi connectivity index (χ2n) is 4.52. The van der Waals surface area contributed by atoms with Crippen LogP contribution >= 0.6 is 0 Å². The lowest BCUT2D eigenvalue weighted by molar-refractivity contribution is 0.0940. The average molecular weight is 309 g/mol. The predicted octanol–water partition coefficient (Wildman–Crippen LogP) is 3.03. The summed E-state index contributed by atoms with van der Waals surface area (Å²) < 4.78 is 0. The van der Waals surface area contributed by atoms with Gasteiger partial charge in [0.25, 0.3) is 5.91 Å². The molecule has 0 unspecified atom stereocenters. The molecule has 0 heterocycles. The van der Waals surface area contributed by atoms with Gasteiger partial charge < -0.3 is 10.4 Å². The number of benzene rings is 2. The third-order valence-electron chi connectivity index (χ3n) is 2.88. The molecule has 118 valence electrons. The first kappa shape index (κ1) is 18.0. The van der Waals surface area contributed by atoms with Crippen LogP contribution < -0.4 is 5.32 Å². The topological polar surface area (TPSA) is 66.4 Å². The molecule has 0 aromatic heterocycles. The molecule has 2 rings (SSSR count). The predicted molar refractivity (Wildman–Crippen MR) is 89.6 cm³/mol. The van der Waals surface area contributed by atoms with Crippen LogP contribution in [0.1, 0.15) is 34.1 Å². The molecule has 23 heavy (non-hydrogen) atoms. The molecule has 0 fully saturated rings. The average Bonchev–Trinajstić information content (AvgIpc) is 2.63. The second-order valence-corrected chi connectivity index (χ2v) is 4.52. The van der Waals surface area contributed by atoms with Crippen molar-refractivity contribution in [3.8, 4) is 12.0 Å². The van der Waals surface area contributed by atoms with Crippen LogP contribution in [0, 0.1) is 12.0 Å². The number of carbonyl (C=O) groups excluding carboxylic acids is 2. The number of hydrogen-bond donors (Lipinski definition) is 2. The molecule has 0 atom stereocenters. The van der Waals surface area contributed by atoms with Gasteiger partial charge >= 0.3 is 0 Å². The van der Waals surface area contributed by atoms with Gasteiger partial charge in [-0.2, -0.15) is 0 Å². The number of Topliss-reactive ketones (excluding diaryl/α,β-unsaturated/α-hetero) is 1. The first-order valence-electron chi connectivity index (χ1n) is 7.16. The van der Waals surface area contributed by atoms with E-state index in [2.05, 4.69) is 11.2 Å². The van der Waals surface area contributed by atoms with Crippen molar-refractivity contribution in [1.29, 1.82) is 0 Å². The quantitative estimate of drug-likeness (QED) is 0.659. The normalized spacial score (nSPS) is 8.74. The number of nitrogens with one attached hydrogen (secondary N) is 1. The van der Waals surface area contributed by atoms with Crippen LogP contribution in [0.4, 0.5) is 0 Å². The Labute approximate surface area is 136 Å². The summed E-state index contributed by atoms with van der Waals surface area (Å²) in [6.45, 7) is 1.92. The van der Waals surface area contributed by atoms with Gasteiger partial charge in [0, 0.05) is 31.0 Å². The van der Waals surface area contributed by atoms with E-state index in [4.69, 9.17) is 5.11 Å². The van der Waals surface area contributed by atoms with Crippen LogP contribution in [-0.4, -0.2) is 23.3 Å². The lowest BCUT2D eigenvalue weighted by Gasteiger charge is -2.04. The summed E-state index contributed by atoms with van der Waals surface area (Å²) in [7, 11) is 0. The molecule has 0 saturated heterocycles. The molecule has 0 aliphatic heterocycles. The lowest BCUT2D eigenvalue weighted by Crippen LogP contribution is -2.25. The Morgan fingerprint density at radius 2 is 1.43 bits per heavy atom.